The van der Waals surface area contributed by atoms with E-state index in [1.165, 1.54) is 0 Å². The highest BCUT2D eigenvalue weighted by Crippen LogP contribution is 2.39. The van der Waals surface area contributed by atoms with Crippen molar-refractivity contribution in [2.45, 2.75) is 24.1 Å². The Morgan fingerprint density at radius 2 is 2.25 bits per heavy atom. The summed E-state index contributed by atoms with van der Waals surface area (Å²) < 4.78 is 46.0. The van der Waals surface area contributed by atoms with Gasteiger partial charge in [0.1, 0.15) is 24.7 Å². The molecule has 4 atom stereocenters. The molecular formula is C11H14F3N3O3. The average molecular weight is 293 g/mol. The second-order valence-electron chi connectivity index (χ2n) is 4.51. The van der Waals surface area contributed by atoms with Gasteiger partial charge in [-0.05, 0) is 0 Å². The van der Waals surface area contributed by atoms with Crippen molar-refractivity contribution in [1.29, 1.82) is 0 Å². The molecule has 2 rings (SSSR count). The van der Waals surface area contributed by atoms with Crippen molar-refractivity contribution < 1.29 is 28.1 Å². The average Bonchev–Trinajstić information content (AvgIpc) is 2.67. The molecule has 112 valence electrons. The minimum absolute atomic E-state index is 0.171. The first-order valence-electron chi connectivity index (χ1n) is 5.73. The summed E-state index contributed by atoms with van der Waals surface area (Å²) in [5, 5.41) is 18.7. The molecule has 1 saturated heterocycles. The van der Waals surface area contributed by atoms with Gasteiger partial charge in [-0.3, -0.25) is 0 Å². The van der Waals surface area contributed by atoms with Gasteiger partial charge in [0.25, 0.3) is 0 Å². The minimum atomic E-state index is -2.85. The third kappa shape index (κ3) is 2.07. The molecule has 0 aromatic rings. The van der Waals surface area contributed by atoms with Crippen LogP contribution in [0.5, 0.6) is 0 Å². The Morgan fingerprint density at radius 3 is 2.80 bits per heavy atom. The first-order chi connectivity index (χ1) is 9.35. The van der Waals surface area contributed by atoms with Crippen LogP contribution in [0.3, 0.4) is 0 Å². The van der Waals surface area contributed by atoms with Gasteiger partial charge >= 0.3 is 0 Å². The largest absolute Gasteiger partial charge is 0.394 e. The van der Waals surface area contributed by atoms with Gasteiger partial charge in [0.15, 0.2) is 17.9 Å². The maximum atomic E-state index is 14.5. The van der Waals surface area contributed by atoms with Crippen LogP contribution in [0.2, 0.25) is 0 Å². The molecule has 0 aliphatic carbocycles. The second kappa shape index (κ2) is 5.08. The molecule has 0 spiro atoms. The van der Waals surface area contributed by atoms with E-state index in [1.54, 1.807) is 0 Å². The molecule has 0 aromatic heterocycles. The van der Waals surface area contributed by atoms with E-state index in [2.05, 4.69) is 11.6 Å². The Hall–Kier alpha value is -1.58. The van der Waals surface area contributed by atoms with Gasteiger partial charge < -0.3 is 25.6 Å². The van der Waals surface area contributed by atoms with Crippen LogP contribution in [-0.4, -0.2) is 58.3 Å². The van der Waals surface area contributed by atoms with Crippen molar-refractivity contribution in [3.8, 4) is 0 Å². The molecule has 0 saturated carbocycles. The van der Waals surface area contributed by atoms with Gasteiger partial charge in [-0.2, -0.15) is 0 Å². The van der Waals surface area contributed by atoms with Crippen LogP contribution in [0, 0.1) is 0 Å². The second-order valence-corrected chi connectivity index (χ2v) is 4.51. The summed E-state index contributed by atoms with van der Waals surface area (Å²) >= 11 is 0. The molecule has 2 aliphatic rings. The minimum Gasteiger partial charge on any atom is -0.394 e. The number of hydrogen-bond donors (Lipinski definition) is 3. The van der Waals surface area contributed by atoms with Gasteiger partial charge in [0.05, 0.1) is 6.61 Å². The van der Waals surface area contributed by atoms with Crippen molar-refractivity contribution in [2.24, 2.45) is 10.7 Å². The Labute approximate surface area is 112 Å². The number of halogens is 3. The van der Waals surface area contributed by atoms with Crippen LogP contribution in [0.25, 0.3) is 0 Å². The number of rotatable bonds is 3. The van der Waals surface area contributed by atoms with E-state index in [0.717, 1.165) is 11.1 Å². The van der Waals surface area contributed by atoms with Crippen LogP contribution in [-0.2, 0) is 4.74 Å². The predicted molar refractivity (Wildman–Crippen MR) is 63.4 cm³/mol. The molecule has 2 aliphatic heterocycles. The summed E-state index contributed by atoms with van der Waals surface area (Å²) in [6, 6.07) is 0. The van der Waals surface area contributed by atoms with Gasteiger partial charge in [-0.25, -0.2) is 18.2 Å². The van der Waals surface area contributed by atoms with Crippen molar-refractivity contribution >= 4 is 5.84 Å². The Kier molecular flexibility index (Phi) is 3.76. The molecule has 1 fully saturated rings. The number of aliphatic hydroxyl groups excluding tert-OH is 2. The molecule has 0 amide bonds. The third-order valence-electron chi connectivity index (χ3n) is 3.24. The lowest BCUT2D eigenvalue weighted by Crippen LogP contribution is -2.52. The first kappa shape index (κ1) is 14.8. The monoisotopic (exact) mass is 293 g/mol. The van der Waals surface area contributed by atoms with Gasteiger partial charge in [0, 0.05) is 6.20 Å². The van der Waals surface area contributed by atoms with Crippen molar-refractivity contribution in [3.05, 3.63) is 24.4 Å². The summed E-state index contributed by atoms with van der Waals surface area (Å²) in [5.74, 6) is -1.59. The van der Waals surface area contributed by atoms with Gasteiger partial charge in [-0.1, -0.05) is 6.58 Å². The van der Waals surface area contributed by atoms with Crippen LogP contribution in [0.4, 0.5) is 13.2 Å². The van der Waals surface area contributed by atoms with E-state index in [0.29, 0.717) is 0 Å². The molecule has 9 heteroatoms. The number of ether oxygens (including phenoxy) is 1. The number of aliphatic hydroxyl groups is 2. The summed E-state index contributed by atoms with van der Waals surface area (Å²) in [4.78, 5) is 4.33. The predicted octanol–water partition coefficient (Wildman–Crippen LogP) is -0.303. The van der Waals surface area contributed by atoms with E-state index in [9.17, 15) is 18.3 Å². The molecule has 20 heavy (non-hydrogen) atoms. The summed E-state index contributed by atoms with van der Waals surface area (Å²) in [6.07, 6.45) is -4.20. The SMILES string of the molecule is C=C1N=C(N)C(F)=CN1[C@@H]1O[C@H](CO)[C@H](O)C1(F)CF. The Morgan fingerprint density at radius 1 is 1.60 bits per heavy atom. The molecule has 2 heterocycles. The zero-order valence-corrected chi connectivity index (χ0v) is 10.3. The highest BCUT2D eigenvalue weighted by molar-refractivity contribution is 5.96. The van der Waals surface area contributed by atoms with Crippen molar-refractivity contribution in [3.63, 3.8) is 0 Å². The Balaban J connectivity index is 2.35. The molecular weight excluding hydrogens is 279 g/mol. The molecule has 4 N–H and O–H groups in total. The third-order valence-corrected chi connectivity index (χ3v) is 3.24. The van der Waals surface area contributed by atoms with Crippen molar-refractivity contribution in [2.75, 3.05) is 13.3 Å². The molecule has 0 radical (unpaired) electrons. The van der Waals surface area contributed by atoms with Crippen LogP contribution >= 0.6 is 0 Å². The molecule has 1 unspecified atom stereocenters. The maximum absolute atomic E-state index is 14.5. The van der Waals surface area contributed by atoms with Gasteiger partial charge in [-0.15, -0.1) is 0 Å². The zero-order valence-electron chi connectivity index (χ0n) is 10.3. The van der Waals surface area contributed by atoms with Crippen molar-refractivity contribution in [1.82, 2.24) is 4.90 Å². The lowest BCUT2D eigenvalue weighted by Gasteiger charge is -2.34. The van der Waals surface area contributed by atoms with Crippen LogP contribution in [0.1, 0.15) is 0 Å². The number of nitrogens with zero attached hydrogens (tertiary/aromatic N) is 2. The van der Waals surface area contributed by atoms with E-state index < -0.39 is 49.0 Å². The lowest BCUT2D eigenvalue weighted by molar-refractivity contribution is -0.0887. The van der Waals surface area contributed by atoms with Gasteiger partial charge in [0.2, 0.25) is 5.67 Å². The smallest absolute Gasteiger partial charge is 0.211 e. The van der Waals surface area contributed by atoms with E-state index in [-0.39, 0.29) is 5.82 Å². The number of nitrogens with two attached hydrogens (primary N) is 1. The number of alkyl halides is 2. The standard InChI is InChI=1S/C11H14F3N3O3/c1-5-16-9(15)6(13)2-17(5)10-11(14,4-12)8(19)7(3-18)20-10/h2,7-8,10,18-19H,1,3-4H2,(H2,15,16)/t7-,8+,10-,11?/m1/s1. The van der Waals surface area contributed by atoms with E-state index >= 15 is 0 Å². The Bertz CT molecular complexity index is 485. The normalized spacial score (nSPS) is 38.0. The fourth-order valence-electron chi connectivity index (χ4n) is 2.11. The van der Waals surface area contributed by atoms with E-state index in [1.807, 2.05) is 0 Å². The van der Waals surface area contributed by atoms with E-state index in [4.69, 9.17) is 15.6 Å². The van der Waals surface area contributed by atoms with Crippen LogP contribution < -0.4 is 5.73 Å². The van der Waals surface area contributed by atoms with Crippen LogP contribution in [0.15, 0.2) is 29.4 Å². The zero-order chi connectivity index (χ0) is 15.1. The highest BCUT2D eigenvalue weighted by Gasteiger charge is 2.60. The molecule has 6 nitrogen and oxygen atoms in total. The summed E-state index contributed by atoms with van der Waals surface area (Å²) in [6.45, 7) is 1.12. The highest BCUT2D eigenvalue weighted by atomic mass is 19.2. The number of aliphatic imine (C=N–C) groups is 1. The number of hydrogen-bond acceptors (Lipinski definition) is 6. The number of amidine groups is 1. The molecule has 0 aromatic carbocycles. The fraction of sp³-hybridized carbons (Fsp3) is 0.545. The lowest BCUT2D eigenvalue weighted by atomic mass is 9.97. The quantitative estimate of drug-likeness (QED) is 0.664. The fourth-order valence-corrected chi connectivity index (χ4v) is 2.11. The topological polar surface area (TPSA) is 91.3 Å². The maximum Gasteiger partial charge on any atom is 0.211 e. The summed E-state index contributed by atoms with van der Waals surface area (Å²) in [7, 11) is 0. The summed E-state index contributed by atoms with van der Waals surface area (Å²) in [5.41, 5.74) is 2.38. The molecule has 0 bridgehead atoms. The first-order valence-corrected chi connectivity index (χ1v) is 5.73.